The molecule has 0 saturated carbocycles. The third kappa shape index (κ3) is 4.47. The zero-order valence-electron chi connectivity index (χ0n) is 12.3. The molecule has 1 aromatic rings. The molecule has 1 heterocycles. The lowest BCUT2D eigenvalue weighted by Gasteiger charge is -2.34. The Morgan fingerprint density at radius 2 is 2.10 bits per heavy atom. The van der Waals surface area contributed by atoms with Crippen molar-refractivity contribution in [1.29, 1.82) is 0 Å². The highest BCUT2D eigenvalue weighted by molar-refractivity contribution is 5.26. The van der Waals surface area contributed by atoms with Crippen LogP contribution in [0, 0.1) is 5.92 Å². The molecule has 2 atom stereocenters. The molecule has 0 bridgehead atoms. The van der Waals surface area contributed by atoms with Gasteiger partial charge in [-0.25, -0.2) is 0 Å². The average molecular weight is 278 g/mol. The van der Waals surface area contributed by atoms with E-state index in [2.05, 4.69) is 11.8 Å². The van der Waals surface area contributed by atoms with Crippen molar-refractivity contribution in [3.63, 3.8) is 0 Å². The molecule has 20 heavy (non-hydrogen) atoms. The van der Waals surface area contributed by atoms with Gasteiger partial charge in [-0.3, -0.25) is 0 Å². The Labute approximate surface area is 121 Å². The van der Waals surface area contributed by atoms with Gasteiger partial charge in [0, 0.05) is 19.6 Å². The highest BCUT2D eigenvalue weighted by atomic mass is 16.5. The number of aliphatic hydroxyl groups excluding tert-OH is 1. The first-order chi connectivity index (χ1) is 9.69. The standard InChI is InChI=1S/C16H26N2O2/c1-13-7-9-18(12-16(13)19)8-2-10-20-15-5-3-14(11-17)4-6-15/h3-6,13,16,19H,2,7-12,17H2,1H3. The van der Waals surface area contributed by atoms with Crippen LogP contribution in [0.3, 0.4) is 0 Å². The second-order valence-electron chi connectivity index (χ2n) is 5.68. The van der Waals surface area contributed by atoms with Crippen molar-refractivity contribution in [2.45, 2.75) is 32.4 Å². The van der Waals surface area contributed by atoms with Gasteiger partial charge < -0.3 is 20.5 Å². The fraction of sp³-hybridized carbons (Fsp3) is 0.625. The second kappa shape index (κ2) is 7.62. The number of hydrogen-bond acceptors (Lipinski definition) is 4. The molecule has 1 aliphatic rings. The first kappa shape index (κ1) is 15.3. The number of piperidine rings is 1. The third-order valence-corrected chi connectivity index (χ3v) is 4.05. The molecule has 4 nitrogen and oxygen atoms in total. The van der Waals surface area contributed by atoms with Crippen molar-refractivity contribution in [3.05, 3.63) is 29.8 Å². The molecule has 0 aromatic heterocycles. The molecular weight excluding hydrogens is 252 g/mol. The Hall–Kier alpha value is -1.10. The Kier molecular flexibility index (Phi) is 5.83. The van der Waals surface area contributed by atoms with Crippen molar-refractivity contribution < 1.29 is 9.84 Å². The van der Waals surface area contributed by atoms with Crippen molar-refractivity contribution >= 4 is 0 Å². The van der Waals surface area contributed by atoms with E-state index in [1.807, 2.05) is 24.3 Å². The number of nitrogens with two attached hydrogens (primary N) is 1. The summed E-state index contributed by atoms with van der Waals surface area (Å²) in [6.45, 7) is 6.27. The summed E-state index contributed by atoms with van der Waals surface area (Å²) in [7, 11) is 0. The number of ether oxygens (including phenoxy) is 1. The average Bonchev–Trinajstić information content (AvgIpc) is 2.48. The lowest BCUT2D eigenvalue weighted by atomic mass is 9.96. The molecule has 2 unspecified atom stereocenters. The minimum atomic E-state index is -0.173. The van der Waals surface area contributed by atoms with Gasteiger partial charge in [0.2, 0.25) is 0 Å². The largest absolute Gasteiger partial charge is 0.494 e. The number of likely N-dealkylation sites (tertiary alicyclic amines) is 1. The summed E-state index contributed by atoms with van der Waals surface area (Å²) in [5.41, 5.74) is 6.68. The van der Waals surface area contributed by atoms with E-state index in [4.69, 9.17) is 10.5 Å². The molecule has 0 spiro atoms. The minimum absolute atomic E-state index is 0.173. The normalized spacial score (nSPS) is 23.8. The Morgan fingerprint density at radius 1 is 1.35 bits per heavy atom. The van der Waals surface area contributed by atoms with Crippen LogP contribution < -0.4 is 10.5 Å². The summed E-state index contributed by atoms with van der Waals surface area (Å²) in [6, 6.07) is 7.93. The zero-order valence-corrected chi connectivity index (χ0v) is 12.3. The third-order valence-electron chi connectivity index (χ3n) is 4.05. The summed E-state index contributed by atoms with van der Waals surface area (Å²) in [5.74, 6) is 1.33. The van der Waals surface area contributed by atoms with Crippen LogP contribution in [-0.4, -0.2) is 42.4 Å². The van der Waals surface area contributed by atoms with E-state index >= 15 is 0 Å². The molecule has 0 amide bonds. The van der Waals surface area contributed by atoms with Gasteiger partial charge in [0.05, 0.1) is 12.7 Å². The maximum absolute atomic E-state index is 9.85. The van der Waals surface area contributed by atoms with E-state index in [0.717, 1.165) is 43.8 Å². The monoisotopic (exact) mass is 278 g/mol. The van der Waals surface area contributed by atoms with Gasteiger partial charge in [-0.1, -0.05) is 19.1 Å². The number of nitrogens with zero attached hydrogens (tertiary/aromatic N) is 1. The van der Waals surface area contributed by atoms with E-state index < -0.39 is 0 Å². The molecule has 112 valence electrons. The summed E-state index contributed by atoms with van der Waals surface area (Å²) in [5, 5.41) is 9.85. The van der Waals surface area contributed by atoms with Gasteiger partial charge in [0.1, 0.15) is 5.75 Å². The van der Waals surface area contributed by atoms with E-state index in [1.54, 1.807) is 0 Å². The van der Waals surface area contributed by atoms with Crippen LogP contribution in [0.2, 0.25) is 0 Å². The second-order valence-corrected chi connectivity index (χ2v) is 5.68. The van der Waals surface area contributed by atoms with Gasteiger partial charge in [0.15, 0.2) is 0 Å². The maximum atomic E-state index is 9.85. The van der Waals surface area contributed by atoms with Gasteiger partial charge in [-0.15, -0.1) is 0 Å². The van der Waals surface area contributed by atoms with Crippen LogP contribution in [-0.2, 0) is 6.54 Å². The van der Waals surface area contributed by atoms with Crippen LogP contribution in [0.25, 0.3) is 0 Å². The van der Waals surface area contributed by atoms with Crippen molar-refractivity contribution in [2.24, 2.45) is 11.7 Å². The minimum Gasteiger partial charge on any atom is -0.494 e. The fourth-order valence-electron chi connectivity index (χ4n) is 2.52. The predicted octanol–water partition coefficient (Wildman–Crippen LogP) is 1.62. The molecule has 1 aromatic carbocycles. The van der Waals surface area contributed by atoms with Crippen LogP contribution in [0.15, 0.2) is 24.3 Å². The molecule has 2 rings (SSSR count). The maximum Gasteiger partial charge on any atom is 0.119 e. The fourth-order valence-corrected chi connectivity index (χ4v) is 2.52. The van der Waals surface area contributed by atoms with Crippen molar-refractivity contribution in [2.75, 3.05) is 26.2 Å². The summed E-state index contributed by atoms with van der Waals surface area (Å²) >= 11 is 0. The highest BCUT2D eigenvalue weighted by Gasteiger charge is 2.23. The number of β-amino-alcohol motifs (C(OH)–C–C–N with tert-alkyl or cyclic N) is 1. The van der Waals surface area contributed by atoms with Gasteiger partial charge in [0.25, 0.3) is 0 Å². The lowest BCUT2D eigenvalue weighted by molar-refractivity contribution is 0.0275. The SMILES string of the molecule is CC1CCN(CCCOc2ccc(CN)cc2)CC1O. The molecule has 0 radical (unpaired) electrons. The number of rotatable bonds is 6. The van der Waals surface area contributed by atoms with Gasteiger partial charge in [-0.05, 0) is 43.0 Å². The number of aliphatic hydroxyl groups is 1. The van der Waals surface area contributed by atoms with E-state index in [1.165, 1.54) is 0 Å². The molecule has 1 saturated heterocycles. The Morgan fingerprint density at radius 3 is 2.75 bits per heavy atom. The smallest absolute Gasteiger partial charge is 0.119 e. The van der Waals surface area contributed by atoms with Crippen molar-refractivity contribution in [1.82, 2.24) is 4.90 Å². The Bertz CT molecular complexity index is 394. The van der Waals surface area contributed by atoms with E-state index in [-0.39, 0.29) is 6.10 Å². The first-order valence-corrected chi connectivity index (χ1v) is 7.51. The molecule has 4 heteroatoms. The molecule has 1 aliphatic heterocycles. The molecular formula is C16H26N2O2. The quantitative estimate of drug-likeness (QED) is 0.776. The van der Waals surface area contributed by atoms with Crippen LogP contribution in [0.5, 0.6) is 5.75 Å². The number of hydrogen-bond donors (Lipinski definition) is 2. The summed E-state index contributed by atoms with van der Waals surface area (Å²) in [4.78, 5) is 2.32. The molecule has 0 aliphatic carbocycles. The topological polar surface area (TPSA) is 58.7 Å². The first-order valence-electron chi connectivity index (χ1n) is 7.51. The van der Waals surface area contributed by atoms with Gasteiger partial charge in [-0.2, -0.15) is 0 Å². The van der Waals surface area contributed by atoms with Crippen LogP contribution >= 0.6 is 0 Å². The Balaban J connectivity index is 1.63. The van der Waals surface area contributed by atoms with E-state index in [9.17, 15) is 5.11 Å². The number of benzene rings is 1. The molecule has 3 N–H and O–H groups in total. The highest BCUT2D eigenvalue weighted by Crippen LogP contribution is 2.17. The van der Waals surface area contributed by atoms with Gasteiger partial charge >= 0.3 is 0 Å². The van der Waals surface area contributed by atoms with Crippen LogP contribution in [0.1, 0.15) is 25.3 Å². The van der Waals surface area contributed by atoms with Crippen LogP contribution in [0.4, 0.5) is 0 Å². The summed E-state index contributed by atoms with van der Waals surface area (Å²) in [6.07, 6.45) is 1.90. The zero-order chi connectivity index (χ0) is 14.4. The molecule has 1 fully saturated rings. The predicted molar refractivity (Wildman–Crippen MR) is 80.7 cm³/mol. The van der Waals surface area contributed by atoms with E-state index in [0.29, 0.717) is 19.1 Å². The summed E-state index contributed by atoms with van der Waals surface area (Å²) < 4.78 is 5.71. The lowest BCUT2D eigenvalue weighted by Crippen LogP contribution is -2.43. The van der Waals surface area contributed by atoms with Crippen molar-refractivity contribution in [3.8, 4) is 5.75 Å².